The molecule has 0 atom stereocenters. The molecule has 0 fully saturated rings. The number of nitro groups is 1. The minimum Gasteiger partial charge on any atom is -0.550 e. The molecule has 0 aliphatic rings. The Kier molecular flexibility index (Phi) is 5.94. The summed E-state index contributed by atoms with van der Waals surface area (Å²) >= 11 is 0. The first-order chi connectivity index (χ1) is 11.9. The van der Waals surface area contributed by atoms with Gasteiger partial charge in [-0.2, -0.15) is 0 Å². The first-order valence-electron chi connectivity index (χ1n) is 7.32. The first-order valence-corrected chi connectivity index (χ1v) is 7.32. The van der Waals surface area contributed by atoms with Crippen LogP contribution in [-0.2, 0) is 9.59 Å². The van der Waals surface area contributed by atoms with Crippen molar-refractivity contribution in [1.82, 2.24) is 0 Å². The number of nitrogens with one attached hydrogen (secondary N) is 1. The van der Waals surface area contributed by atoms with Gasteiger partial charge in [0.1, 0.15) is 0 Å². The van der Waals surface area contributed by atoms with Crippen molar-refractivity contribution in [3.05, 3.63) is 64.2 Å². The van der Waals surface area contributed by atoms with Crippen LogP contribution >= 0.6 is 0 Å². The van der Waals surface area contributed by atoms with Gasteiger partial charge >= 0.3 is 0 Å². The minimum atomic E-state index is -1.27. The van der Waals surface area contributed by atoms with Crippen molar-refractivity contribution in [2.24, 2.45) is 4.99 Å². The molecule has 0 unspecified atom stereocenters. The van der Waals surface area contributed by atoms with Crippen LogP contribution in [0.4, 0.5) is 17.1 Å². The van der Waals surface area contributed by atoms with E-state index in [9.17, 15) is 24.8 Å². The topological polar surface area (TPSA) is 125 Å². The Morgan fingerprint density at radius 3 is 2.24 bits per heavy atom. The number of aliphatic imine (C=N–C) groups is 1. The lowest BCUT2D eigenvalue weighted by Gasteiger charge is -2.05. The number of carboxylic acids is 1. The Hall–Kier alpha value is -3.55. The van der Waals surface area contributed by atoms with Crippen molar-refractivity contribution in [3.63, 3.8) is 0 Å². The molecule has 0 aliphatic heterocycles. The molecule has 2 aromatic carbocycles. The molecule has 8 nitrogen and oxygen atoms in total. The predicted molar refractivity (Wildman–Crippen MR) is 89.7 cm³/mol. The number of hydrogen-bond donors (Lipinski definition) is 1. The van der Waals surface area contributed by atoms with Crippen LogP contribution in [0.3, 0.4) is 0 Å². The molecule has 1 N–H and O–H groups in total. The maximum atomic E-state index is 11.5. The van der Waals surface area contributed by atoms with Crippen LogP contribution in [0.2, 0.25) is 0 Å². The van der Waals surface area contributed by atoms with Crippen molar-refractivity contribution in [2.75, 3.05) is 5.32 Å². The number of hydrogen-bond acceptors (Lipinski definition) is 6. The van der Waals surface area contributed by atoms with Crippen LogP contribution in [0.25, 0.3) is 0 Å². The van der Waals surface area contributed by atoms with Crippen LogP contribution < -0.4 is 10.4 Å². The zero-order valence-electron chi connectivity index (χ0n) is 13.0. The Balaban J connectivity index is 1.94. The van der Waals surface area contributed by atoms with Gasteiger partial charge in [-0.1, -0.05) is 0 Å². The van der Waals surface area contributed by atoms with E-state index < -0.39 is 16.8 Å². The SMILES string of the molecule is O=C([O-])CCC(=O)Nc1ccc(N=Cc2ccc([N+](=O)[O-])cc2)cc1. The van der Waals surface area contributed by atoms with Crippen molar-refractivity contribution in [1.29, 1.82) is 0 Å². The zero-order valence-corrected chi connectivity index (χ0v) is 13.0. The van der Waals surface area contributed by atoms with Crippen LogP contribution in [0.1, 0.15) is 18.4 Å². The molecule has 0 bridgehead atoms. The number of aliphatic carboxylic acids is 1. The van der Waals surface area contributed by atoms with E-state index in [4.69, 9.17) is 0 Å². The number of carbonyl (C=O) groups is 2. The second-order valence-corrected chi connectivity index (χ2v) is 5.07. The lowest BCUT2D eigenvalue weighted by molar-refractivity contribution is -0.384. The van der Waals surface area contributed by atoms with Gasteiger partial charge in [0.05, 0.1) is 10.6 Å². The number of anilines is 1. The fraction of sp³-hybridized carbons (Fsp3) is 0.118. The Morgan fingerprint density at radius 2 is 1.68 bits per heavy atom. The van der Waals surface area contributed by atoms with E-state index in [0.29, 0.717) is 16.9 Å². The van der Waals surface area contributed by atoms with Gasteiger partial charge in [-0.15, -0.1) is 0 Å². The summed E-state index contributed by atoms with van der Waals surface area (Å²) in [6, 6.07) is 12.6. The molecule has 1 amide bonds. The smallest absolute Gasteiger partial charge is 0.269 e. The molecule has 2 rings (SSSR count). The van der Waals surface area contributed by atoms with Crippen LogP contribution in [0.15, 0.2) is 53.5 Å². The Bertz CT molecular complexity index is 798. The Morgan fingerprint density at radius 1 is 1.04 bits per heavy atom. The summed E-state index contributed by atoms with van der Waals surface area (Å²) in [5.74, 6) is -1.68. The third-order valence-corrected chi connectivity index (χ3v) is 3.17. The van der Waals surface area contributed by atoms with Gasteiger partial charge in [-0.3, -0.25) is 19.9 Å². The molecule has 2 aromatic rings. The molecule has 0 radical (unpaired) electrons. The van der Waals surface area contributed by atoms with Gasteiger partial charge in [-0.05, 0) is 48.4 Å². The molecule has 0 heterocycles. The molecule has 0 aromatic heterocycles. The predicted octanol–water partition coefficient (Wildman–Crippen LogP) is 1.81. The number of nitro benzene ring substituents is 1. The second kappa shape index (κ2) is 8.34. The molecule has 8 heteroatoms. The van der Waals surface area contributed by atoms with Crippen molar-refractivity contribution in [2.45, 2.75) is 12.8 Å². The summed E-state index contributed by atoms with van der Waals surface area (Å²) in [7, 11) is 0. The molecular weight excluding hydrogens is 326 g/mol. The van der Waals surface area contributed by atoms with Crippen molar-refractivity contribution >= 4 is 35.2 Å². The van der Waals surface area contributed by atoms with E-state index in [-0.39, 0.29) is 18.5 Å². The monoisotopic (exact) mass is 340 g/mol. The summed E-state index contributed by atoms with van der Waals surface area (Å²) in [6.45, 7) is 0. The number of nitrogens with zero attached hydrogens (tertiary/aromatic N) is 2. The average molecular weight is 340 g/mol. The van der Waals surface area contributed by atoms with E-state index in [0.717, 1.165) is 0 Å². The van der Waals surface area contributed by atoms with Gasteiger partial charge < -0.3 is 15.2 Å². The summed E-state index contributed by atoms with van der Waals surface area (Å²) in [5.41, 5.74) is 1.88. The van der Waals surface area contributed by atoms with Crippen LogP contribution in [-0.4, -0.2) is 23.0 Å². The average Bonchev–Trinajstić information content (AvgIpc) is 2.60. The highest BCUT2D eigenvalue weighted by atomic mass is 16.6. The van der Waals surface area contributed by atoms with E-state index in [1.54, 1.807) is 42.6 Å². The fourth-order valence-electron chi connectivity index (χ4n) is 1.90. The summed E-state index contributed by atoms with van der Waals surface area (Å²) in [4.78, 5) is 36.2. The minimum absolute atomic E-state index is 0.0101. The highest BCUT2D eigenvalue weighted by molar-refractivity contribution is 5.92. The van der Waals surface area contributed by atoms with E-state index in [2.05, 4.69) is 10.3 Å². The van der Waals surface area contributed by atoms with Crippen LogP contribution in [0, 0.1) is 10.1 Å². The van der Waals surface area contributed by atoms with Crippen LogP contribution in [0.5, 0.6) is 0 Å². The summed E-state index contributed by atoms with van der Waals surface area (Å²) < 4.78 is 0. The number of rotatable bonds is 7. The van der Waals surface area contributed by atoms with Crippen molar-refractivity contribution in [3.8, 4) is 0 Å². The number of amides is 1. The molecule has 0 saturated carbocycles. The quantitative estimate of drug-likeness (QED) is 0.467. The highest BCUT2D eigenvalue weighted by Gasteiger charge is 2.03. The van der Waals surface area contributed by atoms with Crippen molar-refractivity contribution < 1.29 is 19.6 Å². The van der Waals surface area contributed by atoms with Gasteiger partial charge in [0, 0.05) is 36.4 Å². The molecular formula is C17H14N3O5-. The molecule has 128 valence electrons. The molecule has 0 saturated heterocycles. The number of benzene rings is 2. The Labute approximate surface area is 143 Å². The maximum Gasteiger partial charge on any atom is 0.269 e. The zero-order chi connectivity index (χ0) is 18.2. The lowest BCUT2D eigenvalue weighted by Crippen LogP contribution is -2.24. The second-order valence-electron chi connectivity index (χ2n) is 5.07. The summed E-state index contributed by atoms with van der Waals surface area (Å²) in [5, 5.41) is 23.5. The number of carbonyl (C=O) groups excluding carboxylic acids is 2. The lowest BCUT2D eigenvalue weighted by atomic mass is 10.2. The van der Waals surface area contributed by atoms with E-state index in [1.165, 1.54) is 12.1 Å². The highest BCUT2D eigenvalue weighted by Crippen LogP contribution is 2.17. The molecule has 0 aliphatic carbocycles. The van der Waals surface area contributed by atoms with Gasteiger partial charge in [0.2, 0.25) is 5.91 Å². The third-order valence-electron chi connectivity index (χ3n) is 3.17. The van der Waals surface area contributed by atoms with E-state index >= 15 is 0 Å². The fourth-order valence-corrected chi connectivity index (χ4v) is 1.90. The number of non-ortho nitro benzene ring substituents is 1. The van der Waals surface area contributed by atoms with Gasteiger partial charge in [0.15, 0.2) is 0 Å². The van der Waals surface area contributed by atoms with E-state index in [1.807, 2.05) is 0 Å². The largest absolute Gasteiger partial charge is 0.550 e. The molecule has 25 heavy (non-hydrogen) atoms. The maximum absolute atomic E-state index is 11.5. The van der Waals surface area contributed by atoms with Gasteiger partial charge in [0.25, 0.3) is 5.69 Å². The third kappa shape index (κ3) is 5.87. The standard InChI is InChI=1S/C17H15N3O5/c21-16(9-10-17(22)23)19-14-5-3-13(4-6-14)18-11-12-1-7-15(8-2-12)20(24)25/h1-8,11H,9-10H2,(H,19,21)(H,22,23)/p-1. The number of carboxylic acid groups (broad SMARTS) is 1. The molecule has 0 spiro atoms. The van der Waals surface area contributed by atoms with Gasteiger partial charge in [-0.25, -0.2) is 0 Å². The normalized spacial score (nSPS) is 10.6. The first kappa shape index (κ1) is 17.8. The summed E-state index contributed by atoms with van der Waals surface area (Å²) in [6.07, 6.45) is 1.09.